The molecule has 8 rings (SSSR count). The number of carbonyl (C=O) groups excluding carboxylic acids is 3. The maximum atomic E-state index is 15.3. The monoisotopic (exact) mass is 743 g/mol. The van der Waals surface area contributed by atoms with Crippen LogP contribution < -0.4 is 14.8 Å². The van der Waals surface area contributed by atoms with E-state index < -0.39 is 64.5 Å². The first-order chi connectivity index (χ1) is 25.9. The zero-order valence-corrected chi connectivity index (χ0v) is 29.8. The minimum absolute atomic E-state index is 0.00234. The van der Waals surface area contributed by atoms with E-state index in [2.05, 4.69) is 10.5 Å². The van der Waals surface area contributed by atoms with Gasteiger partial charge in [-0.2, -0.15) is 13.2 Å². The maximum absolute atomic E-state index is 15.3. The number of alkyl halides is 3. The van der Waals surface area contributed by atoms with Crippen LogP contribution >= 0.6 is 0 Å². The Morgan fingerprint density at radius 2 is 1.67 bits per heavy atom. The van der Waals surface area contributed by atoms with Crippen molar-refractivity contribution in [2.75, 3.05) is 20.1 Å². The van der Waals surface area contributed by atoms with E-state index in [1.54, 1.807) is 36.2 Å². The molecule has 0 bridgehead atoms. The van der Waals surface area contributed by atoms with E-state index in [0.29, 0.717) is 25.9 Å². The lowest BCUT2D eigenvalue weighted by Crippen LogP contribution is -2.66. The number of Topliss-reactive ketones (excluding diaryl/α,β-unsaturated/α-hetero) is 3. The van der Waals surface area contributed by atoms with Crippen LogP contribution in [0, 0.1) is 17.8 Å². The normalized spacial score (nSPS) is 26.3. The quantitative estimate of drug-likeness (QED) is 0.184. The molecule has 6 unspecified atom stereocenters. The first kappa shape index (κ1) is 36.1. The molecule has 6 atom stereocenters. The number of carbonyl (C=O) groups is 3. The van der Waals surface area contributed by atoms with Crippen molar-refractivity contribution in [2.45, 2.75) is 69.7 Å². The highest BCUT2D eigenvalue weighted by Crippen LogP contribution is 2.57. The van der Waals surface area contributed by atoms with Gasteiger partial charge in [-0.3, -0.25) is 19.3 Å². The summed E-state index contributed by atoms with van der Waals surface area (Å²) in [7, 11) is 1.73. The van der Waals surface area contributed by atoms with Crippen LogP contribution in [0.4, 0.5) is 13.2 Å². The lowest BCUT2D eigenvalue weighted by Gasteiger charge is -2.51. The Hall–Kier alpha value is -4.85. The van der Waals surface area contributed by atoms with Gasteiger partial charge in [-0.15, -0.1) is 0 Å². The molecule has 2 heterocycles. The van der Waals surface area contributed by atoms with Crippen molar-refractivity contribution in [3.63, 3.8) is 0 Å². The number of hydrogen-bond donors (Lipinski definition) is 2. The fourth-order valence-corrected chi connectivity index (χ4v) is 9.07. The zero-order valence-electron chi connectivity index (χ0n) is 29.8. The van der Waals surface area contributed by atoms with Crippen molar-refractivity contribution < 1.29 is 46.7 Å². The van der Waals surface area contributed by atoms with Gasteiger partial charge >= 0.3 is 6.18 Å². The molecule has 1 aromatic heterocycles. The summed E-state index contributed by atoms with van der Waals surface area (Å²) in [5.41, 5.74) is -2.86. The molecule has 13 heteroatoms. The summed E-state index contributed by atoms with van der Waals surface area (Å²) >= 11 is 0. The first-order valence-electron chi connectivity index (χ1n) is 18.3. The number of nitrogens with zero attached hydrogens (tertiary/aromatic N) is 2. The Morgan fingerprint density at radius 3 is 2.28 bits per heavy atom. The fourth-order valence-electron chi connectivity index (χ4n) is 9.07. The van der Waals surface area contributed by atoms with Gasteiger partial charge < -0.3 is 24.4 Å². The summed E-state index contributed by atoms with van der Waals surface area (Å²) in [6.45, 7) is 2.76. The van der Waals surface area contributed by atoms with Gasteiger partial charge in [0.15, 0.2) is 22.9 Å². The van der Waals surface area contributed by atoms with Gasteiger partial charge in [-0.05, 0) is 85.2 Å². The van der Waals surface area contributed by atoms with Crippen molar-refractivity contribution in [3.05, 3.63) is 111 Å². The van der Waals surface area contributed by atoms with Crippen LogP contribution in [0.15, 0.2) is 71.3 Å². The Kier molecular flexibility index (Phi) is 9.22. The van der Waals surface area contributed by atoms with Crippen LogP contribution in [0.2, 0.25) is 0 Å². The van der Waals surface area contributed by atoms with Gasteiger partial charge in [0.2, 0.25) is 5.78 Å². The summed E-state index contributed by atoms with van der Waals surface area (Å²) in [6.07, 6.45) is -4.07. The number of ketones is 3. The molecule has 4 aliphatic rings. The number of hydrogen-bond acceptors (Lipinski definition) is 10. The van der Waals surface area contributed by atoms with E-state index in [9.17, 15) is 19.5 Å². The third kappa shape index (κ3) is 5.84. The minimum Gasteiger partial charge on any atom is -0.488 e. The number of aliphatic hydroxyl groups is 1. The predicted octanol–water partition coefficient (Wildman–Crippen LogP) is 6.46. The molecule has 0 radical (unpaired) electrons. The second-order valence-electron chi connectivity index (χ2n) is 14.7. The molecule has 2 fully saturated rings. The van der Waals surface area contributed by atoms with Crippen LogP contribution in [0.25, 0.3) is 0 Å². The third-order valence-electron chi connectivity index (χ3n) is 11.7. The van der Waals surface area contributed by atoms with Crippen molar-refractivity contribution in [1.29, 1.82) is 0 Å². The predicted molar refractivity (Wildman–Crippen MR) is 188 cm³/mol. The molecule has 3 aliphatic carbocycles. The van der Waals surface area contributed by atoms with Crippen LogP contribution in [-0.2, 0) is 30.6 Å². The summed E-state index contributed by atoms with van der Waals surface area (Å²) in [5.74, 6) is -6.82. The number of ether oxygens (including phenoxy) is 2. The van der Waals surface area contributed by atoms with E-state index in [1.807, 2.05) is 43.3 Å². The fraction of sp³-hybridized carbons (Fsp3) is 0.415. The smallest absolute Gasteiger partial charge is 0.417 e. The molecule has 4 aromatic rings. The van der Waals surface area contributed by atoms with Gasteiger partial charge in [0.25, 0.3) is 5.88 Å². The summed E-state index contributed by atoms with van der Waals surface area (Å²) in [6, 6.07) is 17.9. The zero-order chi connectivity index (χ0) is 37.9. The van der Waals surface area contributed by atoms with Gasteiger partial charge in [-0.25, -0.2) is 0 Å². The van der Waals surface area contributed by atoms with E-state index in [-0.39, 0.29) is 65.7 Å². The van der Waals surface area contributed by atoms with E-state index >= 15 is 13.2 Å². The molecular formula is C41H40F3N3O7. The second-order valence-corrected chi connectivity index (χ2v) is 14.7. The van der Waals surface area contributed by atoms with Crippen LogP contribution in [-0.4, -0.2) is 58.3 Å². The van der Waals surface area contributed by atoms with Gasteiger partial charge in [-0.1, -0.05) is 67.6 Å². The first-order valence-corrected chi connectivity index (χ1v) is 18.3. The average molecular weight is 744 g/mol. The molecule has 10 nitrogen and oxygen atoms in total. The molecule has 2 N–H and O–H groups in total. The van der Waals surface area contributed by atoms with Gasteiger partial charge in [0.1, 0.15) is 24.5 Å². The molecule has 282 valence electrons. The highest BCUT2D eigenvalue weighted by Gasteiger charge is 2.68. The van der Waals surface area contributed by atoms with Crippen LogP contribution in [0.1, 0.15) is 92.6 Å². The number of benzene rings is 3. The number of fused-ring (bicyclic) bond motifs is 4. The molecule has 0 amide bonds. The molecule has 1 saturated heterocycles. The minimum atomic E-state index is -4.83. The van der Waals surface area contributed by atoms with Crippen molar-refractivity contribution in [1.82, 2.24) is 15.4 Å². The number of halogens is 3. The highest BCUT2D eigenvalue weighted by atomic mass is 19.4. The van der Waals surface area contributed by atoms with E-state index in [4.69, 9.17) is 14.0 Å². The SMILES string of the molecule is CCN(C)C1c2onc(OCc3ccccc3)c2C(=O)C2(O)C(=O)C3C(=O)c4c(OCc5ccccc5)cc(C5CCCN5)c(C(F)(F)F)c4CC3CC12. The Bertz CT molecular complexity index is 2100. The van der Waals surface area contributed by atoms with Crippen LogP contribution in [0.3, 0.4) is 0 Å². The molecule has 1 aliphatic heterocycles. The number of aromatic nitrogens is 1. The van der Waals surface area contributed by atoms with Crippen molar-refractivity contribution in [3.8, 4) is 11.6 Å². The number of nitrogens with one attached hydrogen (secondary N) is 1. The largest absolute Gasteiger partial charge is 0.488 e. The van der Waals surface area contributed by atoms with E-state index in [0.717, 1.165) is 11.1 Å². The second kappa shape index (κ2) is 13.8. The summed E-state index contributed by atoms with van der Waals surface area (Å²) in [5, 5.41) is 19.7. The van der Waals surface area contributed by atoms with Crippen molar-refractivity contribution >= 4 is 17.3 Å². The van der Waals surface area contributed by atoms with Crippen LogP contribution in [0.5, 0.6) is 11.6 Å². The van der Waals surface area contributed by atoms with Crippen molar-refractivity contribution in [2.24, 2.45) is 17.8 Å². The topological polar surface area (TPSA) is 131 Å². The molecule has 0 spiro atoms. The Morgan fingerprint density at radius 1 is 1.00 bits per heavy atom. The lowest BCUT2D eigenvalue weighted by atomic mass is 9.54. The maximum Gasteiger partial charge on any atom is 0.417 e. The standard InChI is InChI=1S/C41H40F3N3O7/c1-3-47(2)34-27-18-24-17-26-31(29(52-20-22-11-6-4-7-12-22)19-25(28-15-10-16-45-28)33(26)41(42,43)44)35(48)30(24)37(49)40(27,51)38(50)32-36(34)54-46-39(32)53-21-23-13-8-5-9-14-23/h4-9,11-14,19,24,27-28,30,34,45,51H,3,10,15-18,20-21H2,1-2H3. The van der Waals surface area contributed by atoms with Gasteiger partial charge in [0.05, 0.1) is 23.1 Å². The summed E-state index contributed by atoms with van der Waals surface area (Å²) < 4.78 is 63.6. The van der Waals surface area contributed by atoms with Gasteiger partial charge in [0, 0.05) is 12.0 Å². The third-order valence-corrected chi connectivity index (χ3v) is 11.7. The summed E-state index contributed by atoms with van der Waals surface area (Å²) in [4.78, 5) is 45.8. The Labute approximate surface area is 309 Å². The highest BCUT2D eigenvalue weighted by molar-refractivity contribution is 6.27. The lowest BCUT2D eigenvalue weighted by molar-refractivity contribution is -0.154. The van der Waals surface area contributed by atoms with E-state index in [1.165, 1.54) is 6.07 Å². The Balaban J connectivity index is 1.24. The molecule has 1 saturated carbocycles. The molecular weight excluding hydrogens is 703 g/mol. The number of rotatable bonds is 9. The average Bonchev–Trinajstić information content (AvgIpc) is 3.85. The molecule has 54 heavy (non-hydrogen) atoms. The molecule has 3 aromatic carbocycles.